The molecule has 0 spiro atoms. The summed E-state index contributed by atoms with van der Waals surface area (Å²) in [6.07, 6.45) is 0.132. The van der Waals surface area contributed by atoms with Crippen LogP contribution in [0.15, 0.2) is 28.7 Å². The molecule has 0 radical (unpaired) electrons. The summed E-state index contributed by atoms with van der Waals surface area (Å²) in [5.74, 6) is 0.332. The van der Waals surface area contributed by atoms with Crippen molar-refractivity contribution in [2.24, 2.45) is 7.05 Å². The predicted octanol–water partition coefficient (Wildman–Crippen LogP) is 1.49. The molecular formula is C16H22BrN4O2S+. The highest BCUT2D eigenvalue weighted by molar-refractivity contribution is 9.10. The Morgan fingerprint density at radius 3 is 2.67 bits per heavy atom. The molecule has 0 fully saturated rings. The first-order valence-electron chi connectivity index (χ1n) is 7.74. The van der Waals surface area contributed by atoms with Crippen LogP contribution in [0.25, 0.3) is 0 Å². The van der Waals surface area contributed by atoms with E-state index in [0.29, 0.717) is 23.9 Å². The number of aromatic nitrogens is 3. The summed E-state index contributed by atoms with van der Waals surface area (Å²) in [6, 6.07) is 8.26. The van der Waals surface area contributed by atoms with Gasteiger partial charge in [-0.25, -0.2) is 0 Å². The second kappa shape index (κ2) is 8.55. The van der Waals surface area contributed by atoms with Gasteiger partial charge in [-0.15, -0.1) is 0 Å². The minimum absolute atomic E-state index is 0.132. The highest BCUT2D eigenvalue weighted by Gasteiger charge is 2.15. The van der Waals surface area contributed by atoms with Gasteiger partial charge >= 0.3 is 5.97 Å². The monoisotopic (exact) mass is 413 g/mol. The van der Waals surface area contributed by atoms with Gasteiger partial charge in [0.2, 0.25) is 4.77 Å². The van der Waals surface area contributed by atoms with Crippen molar-refractivity contribution in [3.63, 3.8) is 0 Å². The average Bonchev–Trinajstić information content (AvgIpc) is 2.78. The number of ether oxygens (including phenoxy) is 1. The van der Waals surface area contributed by atoms with Crippen molar-refractivity contribution in [2.45, 2.75) is 26.6 Å². The lowest BCUT2D eigenvalue weighted by molar-refractivity contribution is -0.917. The highest BCUT2D eigenvalue weighted by atomic mass is 79.9. The van der Waals surface area contributed by atoms with E-state index in [1.807, 2.05) is 19.2 Å². The Bertz CT molecular complexity index is 754. The van der Waals surface area contributed by atoms with Crippen molar-refractivity contribution in [3.8, 4) is 0 Å². The van der Waals surface area contributed by atoms with Crippen molar-refractivity contribution in [2.75, 3.05) is 13.7 Å². The van der Waals surface area contributed by atoms with E-state index in [1.165, 1.54) is 10.5 Å². The first-order chi connectivity index (χ1) is 11.4. The van der Waals surface area contributed by atoms with E-state index in [2.05, 4.69) is 40.2 Å². The van der Waals surface area contributed by atoms with Gasteiger partial charge in [0.1, 0.15) is 18.8 Å². The van der Waals surface area contributed by atoms with E-state index in [-0.39, 0.29) is 12.4 Å². The molecule has 1 N–H and O–H groups in total. The number of quaternary nitrogens is 1. The SMILES string of the molecule is CCOC(=O)Cc1nn(C[NH+](C)Cc2ccc(Br)cc2)c(=S)n1C. The van der Waals surface area contributed by atoms with E-state index in [4.69, 9.17) is 17.0 Å². The van der Waals surface area contributed by atoms with Gasteiger partial charge < -0.3 is 14.2 Å². The summed E-state index contributed by atoms with van der Waals surface area (Å²) in [7, 11) is 3.91. The molecule has 0 aliphatic rings. The maximum Gasteiger partial charge on any atom is 0.313 e. The zero-order valence-corrected chi connectivity index (χ0v) is 16.5. The number of halogens is 1. The fourth-order valence-corrected chi connectivity index (χ4v) is 2.87. The Kier molecular flexibility index (Phi) is 6.70. The molecule has 1 atom stereocenters. The first-order valence-corrected chi connectivity index (χ1v) is 8.95. The fourth-order valence-electron chi connectivity index (χ4n) is 2.39. The Balaban J connectivity index is 2.05. The number of hydrogen-bond donors (Lipinski definition) is 1. The molecular weight excluding hydrogens is 392 g/mol. The second-order valence-corrected chi connectivity index (χ2v) is 6.94. The molecule has 1 unspecified atom stereocenters. The smallest absolute Gasteiger partial charge is 0.313 e. The molecule has 6 nitrogen and oxygen atoms in total. The lowest BCUT2D eigenvalue weighted by Gasteiger charge is -2.13. The zero-order chi connectivity index (χ0) is 17.7. The van der Waals surface area contributed by atoms with Gasteiger partial charge in [0.15, 0.2) is 6.67 Å². The van der Waals surface area contributed by atoms with Crippen LogP contribution >= 0.6 is 28.1 Å². The van der Waals surface area contributed by atoms with E-state index < -0.39 is 0 Å². The Morgan fingerprint density at radius 1 is 1.38 bits per heavy atom. The number of benzene rings is 1. The summed E-state index contributed by atoms with van der Waals surface area (Å²) in [5.41, 5.74) is 1.24. The van der Waals surface area contributed by atoms with Crippen LogP contribution in [0, 0.1) is 4.77 Å². The third-order valence-corrected chi connectivity index (χ3v) is 4.59. The van der Waals surface area contributed by atoms with Crippen LogP contribution in [0.3, 0.4) is 0 Å². The summed E-state index contributed by atoms with van der Waals surface area (Å²) in [4.78, 5) is 12.9. The molecule has 1 aromatic carbocycles. The molecule has 0 bridgehead atoms. The normalized spacial score (nSPS) is 12.2. The first kappa shape index (κ1) is 18.8. The maximum atomic E-state index is 11.6. The minimum atomic E-state index is -0.289. The van der Waals surface area contributed by atoms with Crippen LogP contribution in [0.5, 0.6) is 0 Å². The molecule has 0 aliphatic heterocycles. The molecule has 24 heavy (non-hydrogen) atoms. The van der Waals surface area contributed by atoms with Gasteiger partial charge in [0.25, 0.3) is 0 Å². The molecule has 130 valence electrons. The van der Waals surface area contributed by atoms with E-state index in [0.717, 1.165) is 11.0 Å². The molecule has 2 aromatic rings. The number of nitrogens with zero attached hydrogens (tertiary/aromatic N) is 3. The predicted molar refractivity (Wildman–Crippen MR) is 97.1 cm³/mol. The number of nitrogens with one attached hydrogen (secondary N) is 1. The molecule has 2 rings (SSSR count). The van der Waals surface area contributed by atoms with Crippen LogP contribution in [0.2, 0.25) is 0 Å². The van der Waals surface area contributed by atoms with Crippen LogP contribution in [-0.4, -0.2) is 34.0 Å². The number of carbonyl (C=O) groups is 1. The Hall–Kier alpha value is -1.51. The lowest BCUT2D eigenvalue weighted by atomic mass is 10.2. The van der Waals surface area contributed by atoms with E-state index in [9.17, 15) is 4.79 Å². The molecule has 0 amide bonds. The third-order valence-electron chi connectivity index (χ3n) is 3.58. The zero-order valence-electron chi connectivity index (χ0n) is 14.1. The Morgan fingerprint density at radius 2 is 2.04 bits per heavy atom. The average molecular weight is 414 g/mol. The third kappa shape index (κ3) is 4.99. The Labute approximate surface area is 155 Å². The standard InChI is InChI=1S/C16H21BrN4O2S/c1-4-23-15(22)9-14-18-21(16(24)20(14)3)11-19(2)10-12-5-7-13(17)8-6-12/h5-8H,4,9-11H2,1-3H3/p+1. The van der Waals surface area contributed by atoms with Crippen molar-refractivity contribution in [1.82, 2.24) is 14.3 Å². The topological polar surface area (TPSA) is 53.5 Å². The molecule has 8 heteroatoms. The lowest BCUT2D eigenvalue weighted by Crippen LogP contribution is -3.07. The summed E-state index contributed by atoms with van der Waals surface area (Å²) >= 11 is 8.86. The molecule has 0 saturated heterocycles. The quantitative estimate of drug-likeness (QED) is 0.551. The van der Waals surface area contributed by atoms with Crippen LogP contribution in [0.4, 0.5) is 0 Å². The largest absolute Gasteiger partial charge is 0.466 e. The highest BCUT2D eigenvalue weighted by Crippen LogP contribution is 2.09. The number of esters is 1. The van der Waals surface area contributed by atoms with Crippen LogP contribution < -0.4 is 4.90 Å². The maximum absolute atomic E-state index is 11.6. The minimum Gasteiger partial charge on any atom is -0.466 e. The van der Waals surface area contributed by atoms with E-state index >= 15 is 0 Å². The summed E-state index contributed by atoms with van der Waals surface area (Å²) < 4.78 is 10.2. The van der Waals surface area contributed by atoms with Crippen LogP contribution in [0.1, 0.15) is 18.3 Å². The van der Waals surface area contributed by atoms with Crippen molar-refractivity contribution in [1.29, 1.82) is 0 Å². The van der Waals surface area contributed by atoms with E-state index in [1.54, 1.807) is 16.2 Å². The molecule has 0 saturated carbocycles. The van der Waals surface area contributed by atoms with Gasteiger partial charge in [-0.05, 0) is 31.3 Å². The van der Waals surface area contributed by atoms with Gasteiger partial charge in [-0.3, -0.25) is 4.79 Å². The van der Waals surface area contributed by atoms with Crippen molar-refractivity contribution >= 4 is 34.1 Å². The van der Waals surface area contributed by atoms with Crippen LogP contribution in [-0.2, 0) is 36.2 Å². The summed E-state index contributed by atoms with van der Waals surface area (Å²) in [5, 5.41) is 4.47. The van der Waals surface area contributed by atoms with Crippen molar-refractivity contribution < 1.29 is 14.4 Å². The number of carbonyl (C=O) groups excluding carboxylic acids is 1. The van der Waals surface area contributed by atoms with Gasteiger partial charge in [-0.1, -0.05) is 28.1 Å². The van der Waals surface area contributed by atoms with Gasteiger partial charge in [-0.2, -0.15) is 9.78 Å². The molecule has 0 aliphatic carbocycles. The number of rotatable bonds is 7. The summed E-state index contributed by atoms with van der Waals surface area (Å²) in [6.45, 7) is 3.64. The fraction of sp³-hybridized carbons (Fsp3) is 0.438. The number of hydrogen-bond acceptors (Lipinski definition) is 4. The molecule has 1 aromatic heterocycles. The van der Waals surface area contributed by atoms with Crippen molar-refractivity contribution in [3.05, 3.63) is 44.9 Å². The van der Waals surface area contributed by atoms with Gasteiger partial charge in [0, 0.05) is 17.1 Å². The second-order valence-electron chi connectivity index (χ2n) is 5.66. The molecule has 1 heterocycles. The van der Waals surface area contributed by atoms with Gasteiger partial charge in [0.05, 0.1) is 13.7 Å².